The predicted molar refractivity (Wildman–Crippen MR) is 198 cm³/mol. The van der Waals surface area contributed by atoms with Crippen molar-refractivity contribution in [1.82, 2.24) is 0 Å². The summed E-state index contributed by atoms with van der Waals surface area (Å²) in [6.07, 6.45) is 0. The summed E-state index contributed by atoms with van der Waals surface area (Å²) in [6, 6.07) is -14.8. The van der Waals surface area contributed by atoms with Gasteiger partial charge in [-0.1, -0.05) is 163 Å². The van der Waals surface area contributed by atoms with Gasteiger partial charge in [-0.15, -0.1) is 0 Å². The van der Waals surface area contributed by atoms with Crippen LogP contribution in [0.2, 0.25) is 0 Å². The summed E-state index contributed by atoms with van der Waals surface area (Å²) >= 11 is 0. The molecule has 0 fully saturated rings. The Hall–Kier alpha value is -6.18. The molecule has 0 amide bonds. The Morgan fingerprint density at radius 1 is 0.340 bits per heavy atom. The zero-order valence-corrected chi connectivity index (χ0v) is 23.8. The van der Waals surface area contributed by atoms with Crippen molar-refractivity contribution in [3.05, 3.63) is 181 Å². The predicted octanol–water partition coefficient (Wildman–Crippen LogP) is 13.1. The third-order valence-corrected chi connectivity index (χ3v) is 7.50. The molecule has 0 saturated carbocycles. The average Bonchev–Trinajstić information content (AvgIpc) is 3.75. The van der Waals surface area contributed by atoms with E-state index in [9.17, 15) is 12.3 Å². The zero-order chi connectivity index (χ0) is 52.9. The fourth-order valence-electron chi connectivity index (χ4n) is 5.55. The molecular weight excluding hydrogens is 569 g/mol. The second kappa shape index (κ2) is 11.3. The Kier molecular flexibility index (Phi) is 2.86. The van der Waals surface area contributed by atoms with Gasteiger partial charge in [0.2, 0.25) is 0 Å². The Morgan fingerprint density at radius 3 is 1.47 bits per heavy atom. The maximum atomic E-state index is 9.92. The minimum absolute atomic E-state index is 0.129. The van der Waals surface area contributed by atoms with E-state index in [1.54, 1.807) is 18.2 Å². The highest BCUT2D eigenvalue weighted by atomic mass is 16.3. The second-order valence-electron chi connectivity index (χ2n) is 10.1. The van der Waals surface area contributed by atoms with Crippen molar-refractivity contribution in [2.75, 3.05) is 0 Å². The van der Waals surface area contributed by atoms with Gasteiger partial charge in [0.25, 0.3) is 0 Å². The highest BCUT2D eigenvalue weighted by Gasteiger charge is 2.24. The fourth-order valence-corrected chi connectivity index (χ4v) is 5.55. The molecule has 1 nitrogen and oxygen atoms in total. The fraction of sp³-hybridized carbons (Fsp3) is 0. The molecule has 0 N–H and O–H groups in total. The minimum Gasteiger partial charge on any atom is -0.455 e. The molecule has 0 bridgehead atoms. The molecule has 0 aliphatic carbocycles. The molecule has 0 unspecified atom stereocenters. The number of fused-ring (bicyclic) bond motifs is 3. The van der Waals surface area contributed by atoms with Gasteiger partial charge in [0.15, 0.2) is 0 Å². The lowest BCUT2D eigenvalue weighted by atomic mass is 9.84. The molecule has 0 atom stereocenters. The number of benzene rings is 8. The summed E-state index contributed by atoms with van der Waals surface area (Å²) in [4.78, 5) is 0. The van der Waals surface area contributed by atoms with Crippen LogP contribution in [-0.4, -0.2) is 0 Å². The number of hydrogen-bond donors (Lipinski definition) is 0. The van der Waals surface area contributed by atoms with Crippen molar-refractivity contribution in [3.63, 3.8) is 0 Å². The van der Waals surface area contributed by atoms with E-state index >= 15 is 0 Å². The summed E-state index contributed by atoms with van der Waals surface area (Å²) in [5.41, 5.74) is -6.02. The largest absolute Gasteiger partial charge is 0.455 e. The first-order valence-electron chi connectivity index (χ1n) is 26.6. The Balaban J connectivity index is 1.67. The molecule has 47 heavy (non-hydrogen) atoms. The normalized spacial score (nSPS) is 18.9. The van der Waals surface area contributed by atoms with E-state index in [1.165, 1.54) is 12.1 Å². The summed E-state index contributed by atoms with van der Waals surface area (Å²) < 4.78 is 231. The molecule has 9 rings (SSSR count). The van der Waals surface area contributed by atoms with Crippen molar-refractivity contribution in [2.24, 2.45) is 0 Å². The summed E-state index contributed by atoms with van der Waals surface area (Å²) in [7, 11) is 0. The van der Waals surface area contributed by atoms with Crippen molar-refractivity contribution < 1.29 is 38.7 Å². The van der Waals surface area contributed by atoms with Crippen LogP contribution in [0.5, 0.6) is 0 Å². The van der Waals surface area contributed by atoms with Gasteiger partial charge in [-0.25, -0.2) is 0 Å². The van der Waals surface area contributed by atoms with Crippen molar-refractivity contribution in [3.8, 4) is 55.8 Å². The molecule has 1 aromatic heterocycles. The molecule has 0 aliphatic heterocycles. The van der Waals surface area contributed by atoms with Crippen LogP contribution in [0.1, 0.15) is 34.3 Å². The van der Waals surface area contributed by atoms with Crippen LogP contribution in [-0.2, 0) is 0 Å². The quantitative estimate of drug-likeness (QED) is 0.174. The van der Waals surface area contributed by atoms with Crippen LogP contribution >= 0.6 is 0 Å². The van der Waals surface area contributed by atoms with Gasteiger partial charge >= 0.3 is 0 Å². The van der Waals surface area contributed by atoms with E-state index in [0.717, 1.165) is 0 Å². The molecular formula is C46H30O. The van der Waals surface area contributed by atoms with Crippen LogP contribution in [0.4, 0.5) is 0 Å². The first kappa shape index (κ1) is 11.9. The van der Waals surface area contributed by atoms with Gasteiger partial charge in [0.05, 0.1) is 34.3 Å². The van der Waals surface area contributed by atoms with E-state index in [0.29, 0.717) is 0 Å². The standard InChI is InChI=1S/C46H30O/c1-4-15-31(16-5-1)34-21-14-22-36(29-34)46-45(41-30-35(27-28-42(41)47-46)32-17-6-2-7-18-32)44-39-25-12-10-23-37(39)43(33-19-8-3-9-20-33)38-24-11-13-26-40(38)44/h1-30H/i1D,2D,4D,5D,6D,7D,10D,11D,12D,13D,14D,15D,16D,17D,18D,21D,22D,23D,24D,25D,26D,27D,28D,29D,30D. The molecule has 9 aromatic rings. The summed E-state index contributed by atoms with van der Waals surface area (Å²) in [5.74, 6) is -0.878. The van der Waals surface area contributed by atoms with Crippen LogP contribution in [0.25, 0.3) is 88.3 Å². The first-order chi connectivity index (χ1) is 33.7. The van der Waals surface area contributed by atoms with Crippen LogP contribution in [0.15, 0.2) is 186 Å². The third-order valence-electron chi connectivity index (χ3n) is 7.50. The van der Waals surface area contributed by atoms with Gasteiger partial charge in [-0.2, -0.15) is 0 Å². The SMILES string of the molecule is [2H]c1c([2H])c([2H])c(-c2c([2H])c([2H])c([2H])c(-c3oc4c([2H])c([2H])c(-c5c([2H])c([2H])c([2H])c([2H])c5[2H])c([2H])c4c3-c3c4c([2H])c([2H])c([2H])c([2H])c4c(-c4ccccc4)c4c([2H])c([2H])c([2H])c([2H])c34)c2[2H])c([2H])c1[2H]. The molecule has 0 spiro atoms. The van der Waals surface area contributed by atoms with Crippen molar-refractivity contribution >= 4 is 32.5 Å². The average molecular weight is 624 g/mol. The van der Waals surface area contributed by atoms with Gasteiger partial charge in [-0.3, -0.25) is 0 Å². The monoisotopic (exact) mass is 623 g/mol. The molecule has 0 aliphatic rings. The van der Waals surface area contributed by atoms with E-state index in [1.807, 2.05) is 0 Å². The maximum absolute atomic E-state index is 9.92. The lowest BCUT2D eigenvalue weighted by Gasteiger charge is -2.18. The van der Waals surface area contributed by atoms with Gasteiger partial charge < -0.3 is 4.42 Å². The van der Waals surface area contributed by atoms with Gasteiger partial charge in [0, 0.05) is 22.1 Å². The molecule has 1 heteroatoms. The summed E-state index contributed by atoms with van der Waals surface area (Å²) in [6.45, 7) is 0. The summed E-state index contributed by atoms with van der Waals surface area (Å²) in [5, 5.41) is -2.50. The molecule has 8 aromatic carbocycles. The highest BCUT2D eigenvalue weighted by Crippen LogP contribution is 2.50. The molecule has 1 heterocycles. The van der Waals surface area contributed by atoms with E-state index in [-0.39, 0.29) is 21.9 Å². The Morgan fingerprint density at radius 2 is 0.851 bits per heavy atom. The number of hydrogen-bond acceptors (Lipinski definition) is 1. The lowest BCUT2D eigenvalue weighted by molar-refractivity contribution is 0.632. The van der Waals surface area contributed by atoms with E-state index < -0.39 is 218 Å². The molecule has 0 saturated heterocycles. The minimum atomic E-state index is -1.04. The second-order valence-corrected chi connectivity index (χ2v) is 10.1. The third kappa shape index (κ3) is 4.64. The van der Waals surface area contributed by atoms with Crippen LogP contribution in [0.3, 0.4) is 0 Å². The Bertz CT molecular complexity index is 3840. The van der Waals surface area contributed by atoms with Crippen molar-refractivity contribution in [2.45, 2.75) is 0 Å². The van der Waals surface area contributed by atoms with Crippen molar-refractivity contribution in [1.29, 1.82) is 0 Å². The number of rotatable bonds is 5. The van der Waals surface area contributed by atoms with Crippen LogP contribution in [0, 0.1) is 0 Å². The first-order valence-corrected chi connectivity index (χ1v) is 14.1. The highest BCUT2D eigenvalue weighted by molar-refractivity contribution is 6.25. The Labute approximate surface area is 309 Å². The molecule has 220 valence electrons. The lowest BCUT2D eigenvalue weighted by Crippen LogP contribution is -1.91. The van der Waals surface area contributed by atoms with E-state index in [4.69, 9.17) is 26.3 Å². The topological polar surface area (TPSA) is 13.1 Å². The zero-order valence-electron chi connectivity index (χ0n) is 48.8. The smallest absolute Gasteiger partial charge is 0.143 e. The van der Waals surface area contributed by atoms with E-state index in [2.05, 4.69) is 0 Å². The number of furan rings is 1. The molecule has 0 radical (unpaired) electrons. The van der Waals surface area contributed by atoms with Gasteiger partial charge in [-0.05, 0) is 73.1 Å². The van der Waals surface area contributed by atoms with Crippen LogP contribution < -0.4 is 0 Å². The maximum Gasteiger partial charge on any atom is 0.143 e. The van der Waals surface area contributed by atoms with Gasteiger partial charge in [0.1, 0.15) is 11.3 Å².